The van der Waals surface area contributed by atoms with Crippen LogP contribution in [-0.2, 0) is 4.79 Å². The third-order valence-electron chi connectivity index (χ3n) is 4.05. The maximum absolute atomic E-state index is 12.5. The van der Waals surface area contributed by atoms with Gasteiger partial charge in [-0.2, -0.15) is 0 Å². The first kappa shape index (κ1) is 13.2. The van der Waals surface area contributed by atoms with Crippen LogP contribution in [0.25, 0.3) is 0 Å². The molecule has 0 aromatic heterocycles. The Balaban J connectivity index is 2.88. The van der Waals surface area contributed by atoms with Crippen LogP contribution in [0.1, 0.15) is 27.2 Å². The zero-order valence-corrected chi connectivity index (χ0v) is 10.7. The summed E-state index contributed by atoms with van der Waals surface area (Å²) < 4.78 is 0. The van der Waals surface area contributed by atoms with Crippen molar-refractivity contribution in [2.45, 2.75) is 27.2 Å². The number of hydrogen-bond acceptors (Lipinski definition) is 2. The van der Waals surface area contributed by atoms with Gasteiger partial charge in [0, 0.05) is 13.1 Å². The number of allylic oxidation sites excluding steroid dienone is 1. The highest BCUT2D eigenvalue weighted by Gasteiger charge is 2.62. The fourth-order valence-corrected chi connectivity index (χ4v) is 2.67. The van der Waals surface area contributed by atoms with Gasteiger partial charge in [0.25, 0.3) is 0 Å². The summed E-state index contributed by atoms with van der Waals surface area (Å²) in [5, 5.41) is 0. The van der Waals surface area contributed by atoms with Crippen LogP contribution in [-0.4, -0.2) is 30.4 Å². The van der Waals surface area contributed by atoms with Gasteiger partial charge in [-0.15, -0.1) is 6.58 Å². The molecular formula is C13H24N2O. The van der Waals surface area contributed by atoms with Crippen molar-refractivity contribution in [3.63, 3.8) is 0 Å². The predicted octanol–water partition coefficient (Wildman–Crippen LogP) is 1.64. The highest BCUT2D eigenvalue weighted by atomic mass is 16.2. The van der Waals surface area contributed by atoms with Crippen LogP contribution < -0.4 is 5.73 Å². The number of amides is 1. The first-order valence-electron chi connectivity index (χ1n) is 6.20. The Morgan fingerprint density at radius 1 is 1.62 bits per heavy atom. The van der Waals surface area contributed by atoms with E-state index in [1.807, 2.05) is 24.8 Å². The van der Waals surface area contributed by atoms with Crippen molar-refractivity contribution in [3.05, 3.63) is 12.7 Å². The molecule has 0 aromatic carbocycles. The minimum atomic E-state index is -0.247. The van der Waals surface area contributed by atoms with Crippen LogP contribution in [0, 0.1) is 17.3 Å². The van der Waals surface area contributed by atoms with E-state index in [4.69, 9.17) is 5.73 Å². The molecule has 1 unspecified atom stereocenters. The molecule has 1 aliphatic carbocycles. The fraction of sp³-hybridized carbons (Fsp3) is 0.769. The quantitative estimate of drug-likeness (QED) is 0.697. The second-order valence-corrected chi connectivity index (χ2v) is 4.68. The minimum absolute atomic E-state index is 0.217. The van der Waals surface area contributed by atoms with Gasteiger partial charge in [-0.3, -0.25) is 4.79 Å². The number of hydrogen-bond donors (Lipinski definition) is 1. The van der Waals surface area contributed by atoms with E-state index >= 15 is 0 Å². The average molecular weight is 224 g/mol. The summed E-state index contributed by atoms with van der Waals surface area (Å²) in [6, 6.07) is 0. The smallest absolute Gasteiger partial charge is 0.229 e. The number of nitrogens with zero attached hydrogens (tertiary/aromatic N) is 1. The third kappa shape index (κ3) is 1.88. The molecule has 2 N–H and O–H groups in total. The fourth-order valence-electron chi connectivity index (χ4n) is 2.67. The molecule has 1 fully saturated rings. The topological polar surface area (TPSA) is 46.3 Å². The van der Waals surface area contributed by atoms with Crippen molar-refractivity contribution in [2.24, 2.45) is 23.0 Å². The van der Waals surface area contributed by atoms with Crippen molar-refractivity contribution >= 4 is 5.91 Å². The lowest BCUT2D eigenvalue weighted by Crippen LogP contribution is -2.41. The van der Waals surface area contributed by atoms with Gasteiger partial charge in [0.2, 0.25) is 5.91 Å². The molecule has 0 radical (unpaired) electrons. The molecule has 3 heteroatoms. The molecule has 16 heavy (non-hydrogen) atoms. The van der Waals surface area contributed by atoms with Crippen LogP contribution in [0.5, 0.6) is 0 Å². The second kappa shape index (κ2) is 5.00. The number of rotatable bonds is 6. The summed E-state index contributed by atoms with van der Waals surface area (Å²) in [6.07, 6.45) is 2.81. The summed E-state index contributed by atoms with van der Waals surface area (Å²) in [4.78, 5) is 14.4. The Bertz CT molecular complexity index is 273. The van der Waals surface area contributed by atoms with Crippen molar-refractivity contribution < 1.29 is 4.79 Å². The lowest BCUT2D eigenvalue weighted by molar-refractivity contribution is -0.138. The van der Waals surface area contributed by atoms with Gasteiger partial charge in [0.1, 0.15) is 0 Å². The Morgan fingerprint density at radius 3 is 2.50 bits per heavy atom. The van der Waals surface area contributed by atoms with Crippen molar-refractivity contribution in [2.75, 3.05) is 19.6 Å². The van der Waals surface area contributed by atoms with Crippen LogP contribution in [0.3, 0.4) is 0 Å². The van der Waals surface area contributed by atoms with Crippen LogP contribution in [0.4, 0.5) is 0 Å². The Morgan fingerprint density at radius 2 is 2.19 bits per heavy atom. The van der Waals surface area contributed by atoms with Gasteiger partial charge in [-0.1, -0.05) is 13.0 Å². The van der Waals surface area contributed by atoms with Crippen LogP contribution in [0.2, 0.25) is 0 Å². The molecule has 3 nitrogen and oxygen atoms in total. The van der Waals surface area contributed by atoms with E-state index in [1.54, 1.807) is 0 Å². The van der Waals surface area contributed by atoms with Crippen molar-refractivity contribution in [1.82, 2.24) is 4.90 Å². The number of nitrogens with two attached hydrogens (primary N) is 1. The maximum atomic E-state index is 12.5. The van der Waals surface area contributed by atoms with Crippen molar-refractivity contribution in [3.8, 4) is 0 Å². The summed E-state index contributed by atoms with van der Waals surface area (Å²) in [6.45, 7) is 12.1. The molecule has 92 valence electrons. The molecule has 1 rings (SSSR count). The third-order valence-corrected chi connectivity index (χ3v) is 4.05. The summed E-state index contributed by atoms with van der Waals surface area (Å²) in [5.74, 6) is 0.822. The highest BCUT2D eigenvalue weighted by Crippen LogP contribution is 2.58. The normalized spacial score (nSPS) is 29.6. The molecule has 1 amide bonds. The number of carbonyl (C=O) groups excluding carboxylic acids is 1. The van der Waals surface area contributed by atoms with E-state index in [2.05, 4.69) is 13.5 Å². The number of carbonyl (C=O) groups is 1. The van der Waals surface area contributed by atoms with E-state index < -0.39 is 0 Å². The van der Waals surface area contributed by atoms with Gasteiger partial charge in [0.15, 0.2) is 0 Å². The van der Waals surface area contributed by atoms with Gasteiger partial charge in [-0.05, 0) is 38.6 Å². The molecule has 1 aliphatic rings. The molecule has 0 aliphatic heterocycles. The zero-order valence-electron chi connectivity index (χ0n) is 10.7. The first-order valence-corrected chi connectivity index (χ1v) is 6.20. The highest BCUT2D eigenvalue weighted by molar-refractivity contribution is 5.86. The van der Waals surface area contributed by atoms with E-state index in [1.165, 1.54) is 0 Å². The Hall–Kier alpha value is -0.830. The van der Waals surface area contributed by atoms with Gasteiger partial charge >= 0.3 is 0 Å². The summed E-state index contributed by atoms with van der Waals surface area (Å²) in [7, 11) is 0. The monoisotopic (exact) mass is 224 g/mol. The van der Waals surface area contributed by atoms with E-state index in [9.17, 15) is 4.79 Å². The maximum Gasteiger partial charge on any atom is 0.229 e. The van der Waals surface area contributed by atoms with E-state index in [-0.39, 0.29) is 17.2 Å². The SMILES string of the molecule is C=CC(C)[C@@]1(C(=O)N(CC)CC)C[C@@H]1CN. The molecule has 0 spiro atoms. The molecule has 0 bridgehead atoms. The minimum Gasteiger partial charge on any atom is -0.343 e. The Labute approximate surface area is 98.7 Å². The summed E-state index contributed by atoms with van der Waals surface area (Å²) in [5.41, 5.74) is 5.47. The van der Waals surface area contributed by atoms with Gasteiger partial charge < -0.3 is 10.6 Å². The largest absolute Gasteiger partial charge is 0.343 e. The molecule has 3 atom stereocenters. The van der Waals surface area contributed by atoms with Crippen molar-refractivity contribution in [1.29, 1.82) is 0 Å². The average Bonchev–Trinajstić information content (AvgIpc) is 3.05. The molecule has 0 aromatic rings. The lowest BCUT2D eigenvalue weighted by Gasteiger charge is -2.28. The standard InChI is InChI=1S/C13H24N2O/c1-5-10(4)13(8-11(13)9-14)12(16)15(6-2)7-3/h5,10-11H,1,6-9,14H2,2-4H3/t10?,11-,13+/m1/s1. The van der Waals surface area contributed by atoms with Crippen LogP contribution >= 0.6 is 0 Å². The zero-order chi connectivity index (χ0) is 12.3. The van der Waals surface area contributed by atoms with Gasteiger partial charge in [-0.25, -0.2) is 0 Å². The summed E-state index contributed by atoms with van der Waals surface area (Å²) >= 11 is 0. The van der Waals surface area contributed by atoms with Crippen LogP contribution in [0.15, 0.2) is 12.7 Å². The Kier molecular flexibility index (Phi) is 4.14. The van der Waals surface area contributed by atoms with E-state index in [0.29, 0.717) is 12.5 Å². The van der Waals surface area contributed by atoms with E-state index in [0.717, 1.165) is 19.5 Å². The molecular weight excluding hydrogens is 200 g/mol. The second-order valence-electron chi connectivity index (χ2n) is 4.68. The molecule has 1 saturated carbocycles. The molecule has 0 heterocycles. The predicted molar refractivity (Wildman–Crippen MR) is 66.9 cm³/mol. The van der Waals surface area contributed by atoms with Gasteiger partial charge in [0.05, 0.1) is 5.41 Å². The molecule has 0 saturated heterocycles. The first-order chi connectivity index (χ1) is 7.58. The lowest BCUT2D eigenvalue weighted by atomic mass is 9.86.